The molecule has 0 aliphatic carbocycles. The second kappa shape index (κ2) is 6.00. The van der Waals surface area contributed by atoms with Crippen LogP contribution in [0.3, 0.4) is 0 Å². The van der Waals surface area contributed by atoms with Crippen molar-refractivity contribution >= 4 is 21.8 Å². The molecule has 1 aromatic rings. The zero-order chi connectivity index (χ0) is 12.1. The van der Waals surface area contributed by atoms with E-state index < -0.39 is 0 Å². The third kappa shape index (κ3) is 3.31. The third-order valence-corrected chi connectivity index (χ3v) is 2.66. The molecule has 1 atom stereocenters. The molecule has 0 saturated heterocycles. The Balaban J connectivity index is 2.58. The fraction of sp³-hybridized carbons (Fsp3) is 0.600. The first-order valence-electron chi connectivity index (χ1n) is 4.84. The zero-order valence-corrected chi connectivity index (χ0v) is 11.2. The van der Waals surface area contributed by atoms with Gasteiger partial charge in [-0.2, -0.15) is 0 Å². The van der Waals surface area contributed by atoms with E-state index in [0.29, 0.717) is 24.6 Å². The highest BCUT2D eigenvalue weighted by molar-refractivity contribution is 9.09. The van der Waals surface area contributed by atoms with E-state index in [0.717, 1.165) is 0 Å². The number of carbonyl (C=O) groups is 1. The van der Waals surface area contributed by atoms with Gasteiger partial charge in [0.25, 0.3) is 5.91 Å². The molecule has 0 bridgehead atoms. The predicted molar refractivity (Wildman–Crippen MR) is 62.8 cm³/mol. The van der Waals surface area contributed by atoms with E-state index in [1.54, 1.807) is 26.0 Å². The van der Waals surface area contributed by atoms with Gasteiger partial charge in [-0.1, -0.05) is 15.9 Å². The third-order valence-electron chi connectivity index (χ3n) is 2.11. The number of aromatic nitrogens is 1. The smallest absolute Gasteiger partial charge is 0.291 e. The lowest BCUT2D eigenvalue weighted by Gasteiger charge is -2.19. The first kappa shape index (κ1) is 13.2. The molecule has 1 unspecified atom stereocenters. The van der Waals surface area contributed by atoms with Gasteiger partial charge in [-0.25, -0.2) is 4.98 Å². The van der Waals surface area contributed by atoms with Crippen LogP contribution in [0.5, 0.6) is 0 Å². The summed E-state index contributed by atoms with van der Waals surface area (Å²) in [5, 5.41) is 0. The Morgan fingerprint density at radius 1 is 1.75 bits per heavy atom. The van der Waals surface area contributed by atoms with Crippen LogP contribution in [-0.2, 0) is 4.74 Å². The maximum atomic E-state index is 11.9. The van der Waals surface area contributed by atoms with E-state index in [2.05, 4.69) is 20.9 Å². The first-order valence-corrected chi connectivity index (χ1v) is 5.76. The number of rotatable bonds is 5. The molecule has 90 valence electrons. The number of alkyl halides is 1. The molecule has 1 aromatic heterocycles. The number of hydrogen-bond acceptors (Lipinski definition) is 4. The molecule has 1 heterocycles. The average Bonchev–Trinajstić information content (AvgIpc) is 2.63. The molecular formula is C10H15BrN2O3. The van der Waals surface area contributed by atoms with E-state index in [1.165, 1.54) is 6.39 Å². The molecule has 0 aliphatic rings. The van der Waals surface area contributed by atoms with Crippen LogP contribution in [0.15, 0.2) is 10.8 Å². The Hall–Kier alpha value is -0.880. The van der Waals surface area contributed by atoms with Crippen molar-refractivity contribution in [2.75, 3.05) is 27.3 Å². The van der Waals surface area contributed by atoms with Crippen molar-refractivity contribution in [3.05, 3.63) is 17.8 Å². The lowest BCUT2D eigenvalue weighted by molar-refractivity contribution is 0.0752. The lowest BCUT2D eigenvalue weighted by Crippen LogP contribution is -2.33. The Morgan fingerprint density at radius 3 is 2.94 bits per heavy atom. The van der Waals surface area contributed by atoms with E-state index in [1.807, 2.05) is 0 Å². The zero-order valence-electron chi connectivity index (χ0n) is 9.57. The minimum Gasteiger partial charge on any atom is -0.438 e. The van der Waals surface area contributed by atoms with E-state index in [9.17, 15) is 4.79 Å². The van der Waals surface area contributed by atoms with Crippen LogP contribution in [0.1, 0.15) is 16.2 Å². The summed E-state index contributed by atoms with van der Waals surface area (Å²) in [6.45, 7) is 2.84. The molecule has 1 amide bonds. The monoisotopic (exact) mass is 290 g/mol. The van der Waals surface area contributed by atoms with Gasteiger partial charge >= 0.3 is 0 Å². The summed E-state index contributed by atoms with van der Waals surface area (Å²) < 4.78 is 10.0. The normalized spacial score (nSPS) is 12.5. The van der Waals surface area contributed by atoms with Gasteiger partial charge in [-0.3, -0.25) is 4.79 Å². The summed E-state index contributed by atoms with van der Waals surface area (Å²) in [4.78, 5) is 17.5. The van der Waals surface area contributed by atoms with Crippen LogP contribution in [0, 0.1) is 6.92 Å². The van der Waals surface area contributed by atoms with Gasteiger partial charge in [0.05, 0.1) is 17.1 Å². The van der Waals surface area contributed by atoms with Crippen molar-refractivity contribution in [2.45, 2.75) is 11.8 Å². The number of oxazole rings is 1. The number of nitrogens with zero attached hydrogens (tertiary/aromatic N) is 2. The Bertz CT molecular complexity index is 354. The molecule has 0 aromatic carbocycles. The molecule has 16 heavy (non-hydrogen) atoms. The quantitative estimate of drug-likeness (QED) is 0.771. The standard InChI is InChI=1S/C10H15BrN2O3/c1-7-9(16-6-12-7)10(14)13(2)4-8(11)5-15-3/h6,8H,4-5H2,1-3H3. The first-order chi connectivity index (χ1) is 7.56. The van der Waals surface area contributed by atoms with Crippen LogP contribution in [0.25, 0.3) is 0 Å². The Labute approximate surface area is 103 Å². The van der Waals surface area contributed by atoms with Crippen molar-refractivity contribution in [3.63, 3.8) is 0 Å². The van der Waals surface area contributed by atoms with Gasteiger partial charge in [0.1, 0.15) is 0 Å². The number of aryl methyl sites for hydroxylation is 1. The number of halogens is 1. The topological polar surface area (TPSA) is 55.6 Å². The van der Waals surface area contributed by atoms with E-state index >= 15 is 0 Å². The highest BCUT2D eigenvalue weighted by atomic mass is 79.9. The second-order valence-electron chi connectivity index (χ2n) is 3.51. The van der Waals surface area contributed by atoms with Crippen LogP contribution < -0.4 is 0 Å². The summed E-state index contributed by atoms with van der Waals surface area (Å²) in [5.41, 5.74) is 0.606. The highest BCUT2D eigenvalue weighted by Gasteiger charge is 2.20. The molecule has 0 fully saturated rings. The van der Waals surface area contributed by atoms with E-state index in [-0.39, 0.29) is 10.7 Å². The Kier molecular flexibility index (Phi) is 4.95. The molecule has 0 aliphatic heterocycles. The number of carbonyl (C=O) groups excluding carboxylic acids is 1. The van der Waals surface area contributed by atoms with Crippen molar-refractivity contribution in [3.8, 4) is 0 Å². The summed E-state index contributed by atoms with van der Waals surface area (Å²) in [6, 6.07) is 0. The lowest BCUT2D eigenvalue weighted by atomic mass is 10.3. The summed E-state index contributed by atoms with van der Waals surface area (Å²) >= 11 is 3.42. The molecule has 5 nitrogen and oxygen atoms in total. The largest absolute Gasteiger partial charge is 0.438 e. The Morgan fingerprint density at radius 2 is 2.44 bits per heavy atom. The van der Waals surface area contributed by atoms with Crippen LogP contribution in [0.4, 0.5) is 0 Å². The number of ether oxygens (including phenoxy) is 1. The van der Waals surface area contributed by atoms with Gasteiger partial charge in [0, 0.05) is 20.7 Å². The maximum absolute atomic E-state index is 11.9. The predicted octanol–water partition coefficient (Wildman–Crippen LogP) is 1.46. The molecule has 6 heteroatoms. The van der Waals surface area contributed by atoms with Gasteiger partial charge in [0.15, 0.2) is 6.39 Å². The molecule has 0 saturated carbocycles. The van der Waals surface area contributed by atoms with Gasteiger partial charge in [-0.05, 0) is 6.92 Å². The van der Waals surface area contributed by atoms with Gasteiger partial charge in [0.2, 0.25) is 5.76 Å². The summed E-state index contributed by atoms with van der Waals surface area (Å²) in [6.07, 6.45) is 1.27. The minimum atomic E-state index is -0.171. The molecule has 0 spiro atoms. The van der Waals surface area contributed by atoms with Gasteiger partial charge in [-0.15, -0.1) is 0 Å². The van der Waals surface area contributed by atoms with Crippen LogP contribution in [-0.4, -0.2) is 47.9 Å². The highest BCUT2D eigenvalue weighted by Crippen LogP contribution is 2.10. The summed E-state index contributed by atoms with van der Waals surface area (Å²) in [5.74, 6) is 0.121. The maximum Gasteiger partial charge on any atom is 0.291 e. The minimum absolute atomic E-state index is 0.106. The van der Waals surface area contributed by atoms with Crippen molar-refractivity contribution < 1.29 is 13.9 Å². The average molecular weight is 291 g/mol. The molecule has 0 radical (unpaired) electrons. The molecule has 1 rings (SSSR count). The van der Waals surface area contributed by atoms with Crippen LogP contribution >= 0.6 is 15.9 Å². The van der Waals surface area contributed by atoms with Gasteiger partial charge < -0.3 is 14.1 Å². The van der Waals surface area contributed by atoms with Crippen molar-refractivity contribution in [1.29, 1.82) is 0 Å². The fourth-order valence-electron chi connectivity index (χ4n) is 1.29. The summed E-state index contributed by atoms with van der Waals surface area (Å²) in [7, 11) is 3.34. The number of methoxy groups -OCH3 is 1. The molecular weight excluding hydrogens is 276 g/mol. The second-order valence-corrected chi connectivity index (χ2v) is 4.80. The van der Waals surface area contributed by atoms with Crippen molar-refractivity contribution in [1.82, 2.24) is 9.88 Å². The van der Waals surface area contributed by atoms with E-state index in [4.69, 9.17) is 9.15 Å². The fourth-order valence-corrected chi connectivity index (χ4v) is 1.99. The number of hydrogen-bond donors (Lipinski definition) is 0. The number of amides is 1. The van der Waals surface area contributed by atoms with Crippen LogP contribution in [0.2, 0.25) is 0 Å². The molecule has 0 N–H and O–H groups in total. The SMILES string of the molecule is COCC(Br)CN(C)C(=O)c1ocnc1C. The van der Waals surface area contributed by atoms with Crippen molar-refractivity contribution in [2.24, 2.45) is 0 Å².